The predicted molar refractivity (Wildman–Crippen MR) is 73.6 cm³/mol. The Labute approximate surface area is 108 Å². The lowest BCUT2D eigenvalue weighted by atomic mass is 10.0. The first-order valence-corrected chi connectivity index (χ1v) is 6.28. The van der Waals surface area contributed by atoms with Crippen LogP contribution in [-0.4, -0.2) is 35.6 Å². The van der Waals surface area contributed by atoms with E-state index in [-0.39, 0.29) is 12.5 Å². The van der Waals surface area contributed by atoms with Gasteiger partial charge >= 0.3 is 0 Å². The zero-order chi connectivity index (χ0) is 13.7. The van der Waals surface area contributed by atoms with Gasteiger partial charge in [-0.3, -0.25) is 4.79 Å². The van der Waals surface area contributed by atoms with Crippen molar-refractivity contribution in [1.29, 1.82) is 0 Å². The number of anilines is 1. The molecule has 0 unspecified atom stereocenters. The number of nitrogens with two attached hydrogens (primary N) is 1. The molecule has 1 aromatic carbocycles. The second kappa shape index (κ2) is 6.40. The molecule has 0 saturated carbocycles. The third-order valence-electron chi connectivity index (χ3n) is 3.10. The van der Waals surface area contributed by atoms with Crippen molar-refractivity contribution in [2.45, 2.75) is 27.2 Å². The van der Waals surface area contributed by atoms with Crippen LogP contribution in [0.15, 0.2) is 12.1 Å². The molecule has 1 aromatic rings. The SMILES string of the molecule is CCN(CCCO)C(=O)c1cc(N)c(C)cc1C. The number of carbonyl (C=O) groups excluding carboxylic acids is 1. The summed E-state index contributed by atoms with van der Waals surface area (Å²) in [7, 11) is 0. The second-order valence-corrected chi connectivity index (χ2v) is 4.49. The van der Waals surface area contributed by atoms with Gasteiger partial charge in [-0.2, -0.15) is 0 Å². The monoisotopic (exact) mass is 250 g/mol. The number of aliphatic hydroxyl groups is 1. The van der Waals surface area contributed by atoms with E-state index in [2.05, 4.69) is 0 Å². The normalized spacial score (nSPS) is 10.4. The van der Waals surface area contributed by atoms with Crippen LogP contribution < -0.4 is 5.73 Å². The van der Waals surface area contributed by atoms with Crippen LogP contribution in [0.1, 0.15) is 34.8 Å². The maximum Gasteiger partial charge on any atom is 0.254 e. The van der Waals surface area contributed by atoms with Gasteiger partial charge in [-0.05, 0) is 44.4 Å². The number of nitrogen functional groups attached to an aromatic ring is 1. The summed E-state index contributed by atoms with van der Waals surface area (Å²) in [6, 6.07) is 3.68. The van der Waals surface area contributed by atoms with E-state index in [0.717, 1.165) is 11.1 Å². The molecule has 0 aliphatic heterocycles. The Kier molecular flexibility index (Phi) is 5.16. The molecule has 1 rings (SSSR count). The van der Waals surface area contributed by atoms with Crippen LogP contribution in [0.4, 0.5) is 5.69 Å². The van der Waals surface area contributed by atoms with Crippen molar-refractivity contribution in [1.82, 2.24) is 4.90 Å². The summed E-state index contributed by atoms with van der Waals surface area (Å²) in [5.74, 6) is -0.0184. The average Bonchev–Trinajstić information content (AvgIpc) is 2.34. The highest BCUT2D eigenvalue weighted by Crippen LogP contribution is 2.19. The third-order valence-corrected chi connectivity index (χ3v) is 3.10. The number of aryl methyl sites for hydroxylation is 2. The zero-order valence-corrected chi connectivity index (χ0v) is 11.4. The largest absolute Gasteiger partial charge is 0.398 e. The van der Waals surface area contributed by atoms with Crippen LogP contribution in [0.2, 0.25) is 0 Å². The van der Waals surface area contributed by atoms with Gasteiger partial charge in [0.25, 0.3) is 5.91 Å². The van der Waals surface area contributed by atoms with E-state index in [9.17, 15) is 4.79 Å². The highest BCUT2D eigenvalue weighted by atomic mass is 16.3. The highest BCUT2D eigenvalue weighted by Gasteiger charge is 2.16. The van der Waals surface area contributed by atoms with E-state index in [4.69, 9.17) is 10.8 Å². The Bertz CT molecular complexity index is 430. The van der Waals surface area contributed by atoms with Crippen LogP contribution in [0.5, 0.6) is 0 Å². The van der Waals surface area contributed by atoms with Crippen molar-refractivity contribution in [2.75, 3.05) is 25.4 Å². The van der Waals surface area contributed by atoms with Crippen molar-refractivity contribution in [2.24, 2.45) is 0 Å². The molecule has 18 heavy (non-hydrogen) atoms. The Morgan fingerprint density at radius 3 is 2.56 bits per heavy atom. The summed E-state index contributed by atoms with van der Waals surface area (Å²) >= 11 is 0. The zero-order valence-electron chi connectivity index (χ0n) is 11.4. The lowest BCUT2D eigenvalue weighted by Crippen LogP contribution is -2.32. The first-order chi connectivity index (χ1) is 8.51. The number of nitrogens with zero attached hydrogens (tertiary/aromatic N) is 1. The number of hydrogen-bond donors (Lipinski definition) is 2. The van der Waals surface area contributed by atoms with Crippen molar-refractivity contribution >= 4 is 11.6 Å². The quantitative estimate of drug-likeness (QED) is 0.782. The fraction of sp³-hybridized carbons (Fsp3) is 0.500. The minimum Gasteiger partial charge on any atom is -0.398 e. The second-order valence-electron chi connectivity index (χ2n) is 4.49. The van der Waals surface area contributed by atoms with Gasteiger partial charge in [0.05, 0.1) is 0 Å². The van der Waals surface area contributed by atoms with E-state index in [1.54, 1.807) is 11.0 Å². The minimum atomic E-state index is -0.0184. The van der Waals surface area contributed by atoms with E-state index in [1.807, 2.05) is 26.8 Å². The number of hydrogen-bond acceptors (Lipinski definition) is 3. The van der Waals surface area contributed by atoms with Crippen molar-refractivity contribution in [3.8, 4) is 0 Å². The van der Waals surface area contributed by atoms with E-state index in [0.29, 0.717) is 30.8 Å². The highest BCUT2D eigenvalue weighted by molar-refractivity contribution is 5.96. The van der Waals surface area contributed by atoms with Crippen LogP contribution in [0.3, 0.4) is 0 Å². The summed E-state index contributed by atoms with van der Waals surface area (Å²) in [5, 5.41) is 8.84. The van der Waals surface area contributed by atoms with Crippen LogP contribution in [0.25, 0.3) is 0 Å². The van der Waals surface area contributed by atoms with E-state index in [1.165, 1.54) is 0 Å². The Hall–Kier alpha value is -1.55. The van der Waals surface area contributed by atoms with Crippen molar-refractivity contribution < 1.29 is 9.90 Å². The maximum atomic E-state index is 12.4. The number of carbonyl (C=O) groups is 1. The van der Waals surface area contributed by atoms with Gasteiger partial charge in [-0.25, -0.2) is 0 Å². The molecule has 100 valence electrons. The molecular formula is C14H22N2O2. The van der Waals surface area contributed by atoms with Gasteiger partial charge in [0.2, 0.25) is 0 Å². The number of amides is 1. The standard InChI is InChI=1S/C14H22N2O2/c1-4-16(6-5-7-17)14(18)12-9-13(15)11(3)8-10(12)2/h8-9,17H,4-7,15H2,1-3H3. The number of rotatable bonds is 5. The molecule has 3 N–H and O–H groups in total. The summed E-state index contributed by atoms with van der Waals surface area (Å²) in [4.78, 5) is 14.1. The average molecular weight is 250 g/mol. The molecule has 0 radical (unpaired) electrons. The fourth-order valence-electron chi connectivity index (χ4n) is 1.93. The number of aliphatic hydroxyl groups excluding tert-OH is 1. The molecule has 0 saturated heterocycles. The van der Waals surface area contributed by atoms with Gasteiger partial charge in [0.15, 0.2) is 0 Å². The lowest BCUT2D eigenvalue weighted by molar-refractivity contribution is 0.0753. The minimum absolute atomic E-state index is 0.0184. The molecular weight excluding hydrogens is 228 g/mol. The first kappa shape index (κ1) is 14.5. The molecule has 4 nitrogen and oxygen atoms in total. The predicted octanol–water partition coefficient (Wildman–Crippen LogP) is 1.73. The Balaban J connectivity index is 2.98. The van der Waals surface area contributed by atoms with Crippen molar-refractivity contribution in [3.05, 3.63) is 28.8 Å². The summed E-state index contributed by atoms with van der Waals surface area (Å²) in [6.07, 6.45) is 0.597. The summed E-state index contributed by atoms with van der Waals surface area (Å²) < 4.78 is 0. The molecule has 0 aromatic heterocycles. The molecule has 0 atom stereocenters. The lowest BCUT2D eigenvalue weighted by Gasteiger charge is -2.22. The van der Waals surface area contributed by atoms with Crippen LogP contribution in [-0.2, 0) is 0 Å². The molecule has 0 bridgehead atoms. The van der Waals surface area contributed by atoms with Gasteiger partial charge in [-0.1, -0.05) is 6.07 Å². The smallest absolute Gasteiger partial charge is 0.254 e. The molecule has 0 aliphatic carbocycles. The van der Waals surface area contributed by atoms with Crippen LogP contribution in [0, 0.1) is 13.8 Å². The topological polar surface area (TPSA) is 66.6 Å². The molecule has 0 heterocycles. The van der Waals surface area contributed by atoms with E-state index < -0.39 is 0 Å². The first-order valence-electron chi connectivity index (χ1n) is 6.28. The Morgan fingerprint density at radius 2 is 2.00 bits per heavy atom. The van der Waals surface area contributed by atoms with Gasteiger partial charge in [-0.15, -0.1) is 0 Å². The Morgan fingerprint density at radius 1 is 1.33 bits per heavy atom. The maximum absolute atomic E-state index is 12.4. The molecule has 0 spiro atoms. The summed E-state index contributed by atoms with van der Waals surface area (Å²) in [6.45, 7) is 7.07. The van der Waals surface area contributed by atoms with Gasteiger partial charge in [0, 0.05) is 30.9 Å². The third kappa shape index (κ3) is 3.23. The van der Waals surface area contributed by atoms with Gasteiger partial charge in [0.1, 0.15) is 0 Å². The van der Waals surface area contributed by atoms with Crippen LogP contribution >= 0.6 is 0 Å². The fourth-order valence-corrected chi connectivity index (χ4v) is 1.93. The molecule has 0 aliphatic rings. The molecule has 0 fully saturated rings. The molecule has 4 heteroatoms. The number of benzene rings is 1. The summed E-state index contributed by atoms with van der Waals surface area (Å²) in [5.41, 5.74) is 9.08. The molecule has 1 amide bonds. The van der Waals surface area contributed by atoms with Crippen molar-refractivity contribution in [3.63, 3.8) is 0 Å². The van der Waals surface area contributed by atoms with E-state index >= 15 is 0 Å². The van der Waals surface area contributed by atoms with Gasteiger partial charge < -0.3 is 15.7 Å².